The predicted molar refractivity (Wildman–Crippen MR) is 71.0 cm³/mol. The first kappa shape index (κ1) is 12.8. The van der Waals surface area contributed by atoms with Gasteiger partial charge in [0.1, 0.15) is 5.82 Å². The minimum absolute atomic E-state index is 0.0882. The molecule has 2 rings (SSSR count). The number of halogens is 2. The Kier molecular flexibility index (Phi) is 4.12. The molecule has 1 aromatic heterocycles. The summed E-state index contributed by atoms with van der Waals surface area (Å²) in [5, 5.41) is 2.72. The second kappa shape index (κ2) is 5.80. The number of rotatable bonds is 3. The molecule has 0 spiro atoms. The molecule has 0 fully saturated rings. The van der Waals surface area contributed by atoms with Gasteiger partial charge in [0, 0.05) is 17.6 Å². The lowest BCUT2D eigenvalue weighted by atomic mass is 10.1. The van der Waals surface area contributed by atoms with E-state index >= 15 is 0 Å². The van der Waals surface area contributed by atoms with Crippen molar-refractivity contribution in [2.24, 2.45) is 0 Å². The molecule has 18 heavy (non-hydrogen) atoms. The van der Waals surface area contributed by atoms with Crippen molar-refractivity contribution in [3.63, 3.8) is 0 Å². The van der Waals surface area contributed by atoms with E-state index in [0.29, 0.717) is 17.3 Å². The second-order valence-electron chi connectivity index (χ2n) is 3.50. The normalized spacial score (nSPS) is 10.1. The van der Waals surface area contributed by atoms with E-state index in [0.717, 1.165) is 5.56 Å². The molecule has 0 saturated carbocycles. The third-order valence-corrected chi connectivity index (χ3v) is 2.73. The number of amides is 1. The molecule has 1 N–H and O–H groups in total. The molecule has 2 aromatic rings. The number of aromatic nitrogens is 2. The molecule has 0 aliphatic carbocycles. The molecule has 1 aromatic carbocycles. The highest BCUT2D eigenvalue weighted by Gasteiger charge is 2.07. The molecule has 1 heterocycles. The fourth-order valence-electron chi connectivity index (χ4n) is 1.34. The molecule has 0 aliphatic rings. The summed E-state index contributed by atoms with van der Waals surface area (Å²) in [7, 11) is 0. The van der Waals surface area contributed by atoms with Crippen molar-refractivity contribution < 1.29 is 4.79 Å². The number of hydrogen-bond donors (Lipinski definition) is 1. The zero-order valence-electron chi connectivity index (χ0n) is 9.23. The van der Waals surface area contributed by atoms with Crippen molar-refractivity contribution in [3.8, 4) is 0 Å². The molecule has 0 radical (unpaired) electrons. The van der Waals surface area contributed by atoms with Crippen LogP contribution in [0, 0.1) is 0 Å². The highest BCUT2D eigenvalue weighted by molar-refractivity contribution is 6.28. The largest absolute Gasteiger partial charge is 0.306 e. The molecule has 0 bridgehead atoms. The van der Waals surface area contributed by atoms with Crippen LogP contribution >= 0.6 is 23.2 Å². The summed E-state index contributed by atoms with van der Waals surface area (Å²) in [5.74, 6) is 0.524. The van der Waals surface area contributed by atoms with E-state index in [4.69, 9.17) is 23.2 Å². The van der Waals surface area contributed by atoms with Gasteiger partial charge in [-0.25, -0.2) is 9.97 Å². The van der Waals surface area contributed by atoms with Crippen LogP contribution in [0.15, 0.2) is 36.5 Å². The van der Waals surface area contributed by atoms with Crippen molar-refractivity contribution in [3.05, 3.63) is 52.9 Å². The maximum atomic E-state index is 11.9. The van der Waals surface area contributed by atoms with Gasteiger partial charge in [-0.2, -0.15) is 0 Å². The van der Waals surface area contributed by atoms with Gasteiger partial charge in [-0.3, -0.25) is 4.79 Å². The second-order valence-corrected chi connectivity index (χ2v) is 4.10. The number of hydrogen-bond acceptors (Lipinski definition) is 3. The Bertz CT molecular complexity index is 558. The molecule has 0 unspecified atom stereocenters. The lowest BCUT2D eigenvalue weighted by molar-refractivity contribution is 0.102. The Balaban J connectivity index is 2.11. The van der Waals surface area contributed by atoms with Crippen LogP contribution in [0.2, 0.25) is 5.28 Å². The summed E-state index contributed by atoms with van der Waals surface area (Å²) in [6.07, 6.45) is 1.47. The molecule has 1 amide bonds. The quantitative estimate of drug-likeness (QED) is 0.695. The number of carbonyl (C=O) groups is 1. The van der Waals surface area contributed by atoms with Crippen LogP contribution in [-0.2, 0) is 5.88 Å². The van der Waals surface area contributed by atoms with Crippen LogP contribution in [0.25, 0.3) is 0 Å². The minimum atomic E-state index is -0.258. The smallest absolute Gasteiger partial charge is 0.256 e. The van der Waals surface area contributed by atoms with Gasteiger partial charge < -0.3 is 5.32 Å². The number of benzene rings is 1. The van der Waals surface area contributed by atoms with E-state index in [2.05, 4.69) is 15.3 Å². The number of nitrogens with zero attached hydrogens (tertiary/aromatic N) is 2. The Morgan fingerprint density at radius 2 is 1.94 bits per heavy atom. The van der Waals surface area contributed by atoms with Gasteiger partial charge in [0.2, 0.25) is 5.28 Å². The first-order chi connectivity index (χ1) is 8.69. The number of nitrogens with one attached hydrogen (secondary N) is 1. The van der Waals surface area contributed by atoms with Crippen molar-refractivity contribution in [1.82, 2.24) is 9.97 Å². The standard InChI is InChI=1S/C12H9Cl2N3O/c13-7-8-1-3-9(4-2-8)11(18)16-10-5-6-15-12(14)17-10/h1-6H,7H2,(H,15,16,17,18). The Morgan fingerprint density at radius 1 is 1.22 bits per heavy atom. The first-order valence-corrected chi connectivity index (χ1v) is 6.05. The van der Waals surface area contributed by atoms with Gasteiger partial charge in [0.25, 0.3) is 5.91 Å². The average Bonchev–Trinajstić information content (AvgIpc) is 2.39. The maximum absolute atomic E-state index is 11.9. The van der Waals surface area contributed by atoms with E-state index in [9.17, 15) is 4.79 Å². The fourth-order valence-corrected chi connectivity index (χ4v) is 1.66. The van der Waals surface area contributed by atoms with Crippen LogP contribution < -0.4 is 5.32 Å². The number of alkyl halides is 1. The lowest BCUT2D eigenvalue weighted by Gasteiger charge is -2.04. The van der Waals surface area contributed by atoms with Gasteiger partial charge in [0.05, 0.1) is 0 Å². The molecule has 0 atom stereocenters. The average molecular weight is 282 g/mol. The minimum Gasteiger partial charge on any atom is -0.306 e. The molecule has 92 valence electrons. The highest BCUT2D eigenvalue weighted by Crippen LogP contribution is 2.10. The maximum Gasteiger partial charge on any atom is 0.256 e. The van der Waals surface area contributed by atoms with Gasteiger partial charge >= 0.3 is 0 Å². The van der Waals surface area contributed by atoms with Crippen molar-refractivity contribution in [2.75, 3.05) is 5.32 Å². The molecule has 6 heteroatoms. The first-order valence-electron chi connectivity index (χ1n) is 5.14. The van der Waals surface area contributed by atoms with Crippen LogP contribution in [0.3, 0.4) is 0 Å². The molecule has 4 nitrogen and oxygen atoms in total. The molecule has 0 saturated heterocycles. The topological polar surface area (TPSA) is 54.9 Å². The van der Waals surface area contributed by atoms with Crippen molar-refractivity contribution >= 4 is 34.9 Å². The summed E-state index contributed by atoms with van der Waals surface area (Å²) in [4.78, 5) is 19.5. The zero-order chi connectivity index (χ0) is 13.0. The SMILES string of the molecule is O=C(Nc1ccnc(Cl)n1)c1ccc(CCl)cc1. The number of anilines is 1. The fraction of sp³-hybridized carbons (Fsp3) is 0.0833. The van der Waals surface area contributed by atoms with Gasteiger partial charge in [-0.05, 0) is 35.4 Å². The third-order valence-electron chi connectivity index (χ3n) is 2.24. The van der Waals surface area contributed by atoms with Gasteiger partial charge in [-0.15, -0.1) is 11.6 Å². The van der Waals surface area contributed by atoms with Gasteiger partial charge in [-0.1, -0.05) is 12.1 Å². The van der Waals surface area contributed by atoms with E-state index in [-0.39, 0.29) is 11.2 Å². The summed E-state index contributed by atoms with van der Waals surface area (Å²) >= 11 is 11.3. The zero-order valence-corrected chi connectivity index (χ0v) is 10.7. The van der Waals surface area contributed by atoms with E-state index in [1.807, 2.05) is 0 Å². The monoisotopic (exact) mass is 281 g/mol. The molecular weight excluding hydrogens is 273 g/mol. The van der Waals surface area contributed by atoms with Crippen LogP contribution in [0.5, 0.6) is 0 Å². The Morgan fingerprint density at radius 3 is 2.56 bits per heavy atom. The summed E-state index contributed by atoms with van der Waals surface area (Å²) < 4.78 is 0. The molecular formula is C12H9Cl2N3O. The summed E-state index contributed by atoms with van der Waals surface area (Å²) in [6.45, 7) is 0. The Hall–Kier alpha value is -1.65. The number of carbonyl (C=O) groups excluding carboxylic acids is 1. The van der Waals surface area contributed by atoms with Crippen LogP contribution in [-0.4, -0.2) is 15.9 Å². The van der Waals surface area contributed by atoms with Crippen molar-refractivity contribution in [1.29, 1.82) is 0 Å². The van der Waals surface area contributed by atoms with Crippen LogP contribution in [0.1, 0.15) is 15.9 Å². The third kappa shape index (κ3) is 3.18. The van der Waals surface area contributed by atoms with E-state index < -0.39 is 0 Å². The predicted octanol–water partition coefficient (Wildman–Crippen LogP) is 3.12. The van der Waals surface area contributed by atoms with Crippen LogP contribution in [0.4, 0.5) is 5.82 Å². The molecule has 0 aliphatic heterocycles. The highest BCUT2D eigenvalue weighted by atomic mass is 35.5. The summed E-state index contributed by atoms with van der Waals surface area (Å²) in [5.41, 5.74) is 1.48. The van der Waals surface area contributed by atoms with Crippen molar-refractivity contribution in [2.45, 2.75) is 5.88 Å². The van der Waals surface area contributed by atoms with E-state index in [1.165, 1.54) is 6.20 Å². The lowest BCUT2D eigenvalue weighted by Crippen LogP contribution is -2.13. The van der Waals surface area contributed by atoms with E-state index in [1.54, 1.807) is 30.3 Å². The van der Waals surface area contributed by atoms with Gasteiger partial charge in [0.15, 0.2) is 0 Å². The Labute approximate surface area is 114 Å². The summed E-state index contributed by atoms with van der Waals surface area (Å²) in [6, 6.07) is 8.58.